The number of nitrogens with one attached hydrogen (secondary N) is 1. The van der Waals surface area contributed by atoms with Crippen molar-refractivity contribution in [1.82, 2.24) is 0 Å². The second kappa shape index (κ2) is 3.52. The SMILES string of the molecule is COC(=O)C1(C)Cc2cccc(Br)c2N1. The zero-order valence-corrected chi connectivity index (χ0v) is 10.2. The number of para-hydroxylation sites is 1. The van der Waals surface area contributed by atoms with Crippen LogP contribution in [0.15, 0.2) is 22.7 Å². The highest BCUT2D eigenvalue weighted by Gasteiger charge is 2.40. The fraction of sp³-hybridized carbons (Fsp3) is 0.364. The lowest BCUT2D eigenvalue weighted by Gasteiger charge is -2.21. The first-order chi connectivity index (χ1) is 7.07. The molecule has 80 valence electrons. The van der Waals surface area contributed by atoms with Gasteiger partial charge in [-0.3, -0.25) is 0 Å². The Morgan fingerprint density at radius 1 is 1.60 bits per heavy atom. The van der Waals surface area contributed by atoms with E-state index in [0.717, 1.165) is 15.7 Å². The largest absolute Gasteiger partial charge is 0.467 e. The van der Waals surface area contributed by atoms with Crippen molar-refractivity contribution < 1.29 is 9.53 Å². The van der Waals surface area contributed by atoms with Crippen LogP contribution in [0.25, 0.3) is 0 Å². The van der Waals surface area contributed by atoms with Gasteiger partial charge < -0.3 is 10.1 Å². The van der Waals surface area contributed by atoms with E-state index < -0.39 is 5.54 Å². The minimum atomic E-state index is -0.638. The van der Waals surface area contributed by atoms with Gasteiger partial charge in [-0.1, -0.05) is 12.1 Å². The molecule has 0 fully saturated rings. The maximum Gasteiger partial charge on any atom is 0.331 e. The third kappa shape index (κ3) is 1.63. The Labute approximate surface area is 96.9 Å². The first kappa shape index (κ1) is 10.5. The van der Waals surface area contributed by atoms with Crippen molar-refractivity contribution in [2.45, 2.75) is 18.9 Å². The van der Waals surface area contributed by atoms with Gasteiger partial charge in [0.15, 0.2) is 0 Å². The van der Waals surface area contributed by atoms with E-state index in [1.807, 2.05) is 25.1 Å². The molecule has 1 aromatic carbocycles. The second-order valence-corrected chi connectivity index (χ2v) is 4.75. The molecule has 0 spiro atoms. The van der Waals surface area contributed by atoms with Gasteiger partial charge in [-0.15, -0.1) is 0 Å². The van der Waals surface area contributed by atoms with Crippen molar-refractivity contribution >= 4 is 27.6 Å². The number of anilines is 1. The first-order valence-corrected chi connectivity index (χ1v) is 5.50. The molecule has 0 aromatic heterocycles. The van der Waals surface area contributed by atoms with Crippen molar-refractivity contribution in [1.29, 1.82) is 0 Å². The van der Waals surface area contributed by atoms with Crippen molar-refractivity contribution in [3.63, 3.8) is 0 Å². The van der Waals surface area contributed by atoms with Crippen LogP contribution in [0.1, 0.15) is 12.5 Å². The van der Waals surface area contributed by atoms with E-state index in [9.17, 15) is 4.79 Å². The van der Waals surface area contributed by atoms with Crippen molar-refractivity contribution in [2.24, 2.45) is 0 Å². The zero-order chi connectivity index (χ0) is 11.1. The molecule has 1 atom stereocenters. The molecule has 1 aromatic rings. The minimum Gasteiger partial charge on any atom is -0.467 e. The Bertz CT molecular complexity index is 419. The van der Waals surface area contributed by atoms with E-state index in [1.54, 1.807) is 0 Å². The standard InChI is InChI=1S/C11H12BrNO2/c1-11(10(14)15-2)6-7-4-3-5-8(12)9(7)13-11/h3-5,13H,6H2,1-2H3. The lowest BCUT2D eigenvalue weighted by Crippen LogP contribution is -2.42. The molecule has 0 bridgehead atoms. The Morgan fingerprint density at radius 2 is 2.33 bits per heavy atom. The predicted molar refractivity (Wildman–Crippen MR) is 61.9 cm³/mol. The zero-order valence-electron chi connectivity index (χ0n) is 8.63. The summed E-state index contributed by atoms with van der Waals surface area (Å²) >= 11 is 3.46. The molecule has 1 aliphatic rings. The number of rotatable bonds is 1. The number of carbonyl (C=O) groups excluding carboxylic acids is 1. The van der Waals surface area contributed by atoms with Crippen LogP contribution in [-0.4, -0.2) is 18.6 Å². The Hall–Kier alpha value is -1.03. The van der Waals surface area contributed by atoms with Gasteiger partial charge in [-0.25, -0.2) is 4.79 Å². The Balaban J connectivity index is 2.37. The van der Waals surface area contributed by atoms with Crippen LogP contribution in [0.4, 0.5) is 5.69 Å². The molecule has 15 heavy (non-hydrogen) atoms. The maximum absolute atomic E-state index is 11.6. The minimum absolute atomic E-state index is 0.231. The highest BCUT2D eigenvalue weighted by molar-refractivity contribution is 9.10. The number of esters is 1. The van der Waals surface area contributed by atoms with Gasteiger partial charge in [0.2, 0.25) is 0 Å². The molecule has 0 saturated heterocycles. The number of fused-ring (bicyclic) bond motifs is 1. The molecule has 1 N–H and O–H groups in total. The van der Waals surface area contributed by atoms with Gasteiger partial charge in [-0.05, 0) is 34.5 Å². The molecule has 0 radical (unpaired) electrons. The summed E-state index contributed by atoms with van der Waals surface area (Å²) in [6.45, 7) is 1.85. The van der Waals surface area contributed by atoms with Crippen LogP contribution in [0.5, 0.6) is 0 Å². The lowest BCUT2D eigenvalue weighted by molar-refractivity contribution is -0.145. The summed E-state index contributed by atoms with van der Waals surface area (Å²) < 4.78 is 5.77. The third-order valence-corrected chi connectivity index (χ3v) is 3.34. The summed E-state index contributed by atoms with van der Waals surface area (Å²) in [6.07, 6.45) is 0.661. The third-order valence-electron chi connectivity index (χ3n) is 2.68. The monoisotopic (exact) mass is 269 g/mol. The Morgan fingerprint density at radius 3 is 2.93 bits per heavy atom. The number of hydrogen-bond donors (Lipinski definition) is 1. The molecule has 1 unspecified atom stereocenters. The summed E-state index contributed by atoms with van der Waals surface area (Å²) in [7, 11) is 1.41. The van der Waals surface area contributed by atoms with E-state index >= 15 is 0 Å². The van der Waals surface area contributed by atoms with E-state index in [4.69, 9.17) is 4.74 Å². The quantitative estimate of drug-likeness (QED) is 0.796. The average molecular weight is 270 g/mol. The molecule has 1 aliphatic heterocycles. The molecule has 0 aliphatic carbocycles. The van der Waals surface area contributed by atoms with Crippen LogP contribution in [-0.2, 0) is 16.0 Å². The summed E-state index contributed by atoms with van der Waals surface area (Å²) in [5.74, 6) is -0.231. The molecular weight excluding hydrogens is 258 g/mol. The maximum atomic E-state index is 11.6. The van der Waals surface area contributed by atoms with E-state index in [-0.39, 0.29) is 5.97 Å². The number of halogens is 1. The smallest absolute Gasteiger partial charge is 0.331 e. The molecular formula is C11H12BrNO2. The fourth-order valence-electron chi connectivity index (χ4n) is 1.91. The predicted octanol–water partition coefficient (Wildman–Crippen LogP) is 2.35. The van der Waals surface area contributed by atoms with Gasteiger partial charge in [0, 0.05) is 10.9 Å². The van der Waals surface area contributed by atoms with Gasteiger partial charge >= 0.3 is 5.97 Å². The summed E-state index contributed by atoms with van der Waals surface area (Å²) in [4.78, 5) is 11.6. The summed E-state index contributed by atoms with van der Waals surface area (Å²) in [6, 6.07) is 5.93. The number of carbonyl (C=O) groups is 1. The molecule has 4 heteroatoms. The van der Waals surface area contributed by atoms with Gasteiger partial charge in [0.1, 0.15) is 5.54 Å². The number of benzene rings is 1. The highest BCUT2D eigenvalue weighted by Crippen LogP contribution is 2.37. The van der Waals surface area contributed by atoms with Crippen molar-refractivity contribution in [2.75, 3.05) is 12.4 Å². The molecule has 0 saturated carbocycles. The van der Waals surface area contributed by atoms with E-state index in [2.05, 4.69) is 21.2 Å². The molecule has 1 heterocycles. The Kier molecular flexibility index (Phi) is 2.46. The lowest BCUT2D eigenvalue weighted by atomic mass is 9.98. The second-order valence-electron chi connectivity index (χ2n) is 3.90. The van der Waals surface area contributed by atoms with Crippen LogP contribution < -0.4 is 5.32 Å². The van der Waals surface area contributed by atoms with Crippen LogP contribution in [0.3, 0.4) is 0 Å². The van der Waals surface area contributed by atoms with Crippen molar-refractivity contribution in [3.05, 3.63) is 28.2 Å². The normalized spacial score (nSPS) is 23.1. The summed E-state index contributed by atoms with van der Waals surface area (Å²) in [5.41, 5.74) is 1.49. The van der Waals surface area contributed by atoms with Gasteiger partial charge in [0.25, 0.3) is 0 Å². The number of ether oxygens (including phenoxy) is 1. The molecule has 3 nitrogen and oxygen atoms in total. The molecule has 2 rings (SSSR count). The van der Waals surface area contributed by atoms with Crippen LogP contribution in [0, 0.1) is 0 Å². The first-order valence-electron chi connectivity index (χ1n) is 4.71. The average Bonchev–Trinajstić information content (AvgIpc) is 2.57. The van der Waals surface area contributed by atoms with Crippen LogP contribution in [0.2, 0.25) is 0 Å². The molecule has 0 amide bonds. The topological polar surface area (TPSA) is 38.3 Å². The van der Waals surface area contributed by atoms with Crippen LogP contribution >= 0.6 is 15.9 Å². The summed E-state index contributed by atoms with van der Waals surface area (Å²) in [5, 5.41) is 3.21. The van der Waals surface area contributed by atoms with Gasteiger partial charge in [0.05, 0.1) is 12.8 Å². The highest BCUT2D eigenvalue weighted by atomic mass is 79.9. The van der Waals surface area contributed by atoms with Gasteiger partial charge in [-0.2, -0.15) is 0 Å². The number of methoxy groups -OCH3 is 1. The fourth-order valence-corrected chi connectivity index (χ4v) is 2.41. The van der Waals surface area contributed by atoms with E-state index in [0.29, 0.717) is 6.42 Å². The van der Waals surface area contributed by atoms with Crippen molar-refractivity contribution in [3.8, 4) is 0 Å². The number of hydrogen-bond acceptors (Lipinski definition) is 3. The van der Waals surface area contributed by atoms with E-state index in [1.165, 1.54) is 7.11 Å².